The third-order valence-corrected chi connectivity index (χ3v) is 4.71. The van der Waals surface area contributed by atoms with Crippen LogP contribution >= 0.6 is 0 Å². The van der Waals surface area contributed by atoms with Gasteiger partial charge in [0.1, 0.15) is 12.4 Å². The van der Waals surface area contributed by atoms with Crippen molar-refractivity contribution in [3.8, 4) is 5.75 Å². The number of hydrogen-bond acceptors (Lipinski definition) is 3. The fourth-order valence-corrected chi connectivity index (χ4v) is 3.16. The van der Waals surface area contributed by atoms with Crippen molar-refractivity contribution in [2.24, 2.45) is 5.41 Å². The van der Waals surface area contributed by atoms with E-state index in [-0.39, 0.29) is 24.7 Å². The van der Waals surface area contributed by atoms with E-state index in [1.165, 1.54) is 24.3 Å². The molecule has 2 aromatic carbocycles. The van der Waals surface area contributed by atoms with Gasteiger partial charge in [0.25, 0.3) is 0 Å². The first-order valence-corrected chi connectivity index (χ1v) is 9.47. The lowest BCUT2D eigenvalue weighted by molar-refractivity contribution is -0.137. The fourth-order valence-electron chi connectivity index (χ4n) is 3.16. The second kappa shape index (κ2) is 8.33. The molecule has 31 heavy (non-hydrogen) atoms. The lowest BCUT2D eigenvalue weighted by Gasteiger charge is -2.27. The molecule has 0 unspecified atom stereocenters. The zero-order valence-electron chi connectivity index (χ0n) is 17.0. The van der Waals surface area contributed by atoms with Gasteiger partial charge in [-0.05, 0) is 38.1 Å². The van der Waals surface area contributed by atoms with E-state index < -0.39 is 23.2 Å². The van der Waals surface area contributed by atoms with Gasteiger partial charge in [0.15, 0.2) is 0 Å². The Balaban J connectivity index is 1.82. The lowest BCUT2D eigenvalue weighted by atomic mass is 9.93. The van der Waals surface area contributed by atoms with E-state index in [0.29, 0.717) is 17.1 Å². The first-order chi connectivity index (χ1) is 14.5. The Bertz CT molecular complexity index is 1020. The molecular formula is C22H22F3N3O3. The van der Waals surface area contributed by atoms with Crippen molar-refractivity contribution in [2.75, 3.05) is 28.7 Å². The average Bonchev–Trinajstić information content (AvgIpc) is 2.78. The molecule has 0 aromatic heterocycles. The van der Waals surface area contributed by atoms with Crippen LogP contribution in [0.5, 0.6) is 5.75 Å². The summed E-state index contributed by atoms with van der Waals surface area (Å²) in [5.41, 5.74) is -1.26. The highest BCUT2D eigenvalue weighted by Crippen LogP contribution is 2.38. The molecule has 3 amide bonds. The molecule has 9 heteroatoms. The number of urea groups is 1. The summed E-state index contributed by atoms with van der Waals surface area (Å²) in [4.78, 5) is 26.7. The van der Waals surface area contributed by atoms with Crippen LogP contribution in [0.15, 0.2) is 55.1 Å². The van der Waals surface area contributed by atoms with Gasteiger partial charge in [-0.15, -0.1) is 6.58 Å². The number of fused-ring (bicyclic) bond motifs is 1. The van der Waals surface area contributed by atoms with Crippen LogP contribution in [0.4, 0.5) is 35.0 Å². The van der Waals surface area contributed by atoms with Crippen LogP contribution in [0.3, 0.4) is 0 Å². The number of nitrogens with one attached hydrogen (secondary N) is 2. The minimum absolute atomic E-state index is 0.126. The number of nitrogens with zero attached hydrogens (tertiary/aromatic N) is 1. The Labute approximate surface area is 177 Å². The summed E-state index contributed by atoms with van der Waals surface area (Å²) in [5, 5.41) is 4.72. The maximum Gasteiger partial charge on any atom is 0.418 e. The summed E-state index contributed by atoms with van der Waals surface area (Å²) in [6, 6.07) is 8.53. The third kappa shape index (κ3) is 4.82. The maximum absolute atomic E-state index is 13.1. The molecule has 0 bridgehead atoms. The van der Waals surface area contributed by atoms with Crippen molar-refractivity contribution in [3.05, 3.63) is 60.7 Å². The molecule has 1 aliphatic heterocycles. The molecule has 6 nitrogen and oxygen atoms in total. The first kappa shape index (κ1) is 22.2. The molecule has 0 saturated heterocycles. The number of carbonyl (C=O) groups excluding carboxylic acids is 2. The van der Waals surface area contributed by atoms with E-state index in [0.717, 1.165) is 6.07 Å². The van der Waals surface area contributed by atoms with Crippen LogP contribution in [-0.4, -0.2) is 25.1 Å². The van der Waals surface area contributed by atoms with E-state index in [9.17, 15) is 22.8 Å². The molecule has 0 radical (unpaired) electrons. The van der Waals surface area contributed by atoms with Gasteiger partial charge >= 0.3 is 12.2 Å². The number of alkyl halides is 3. The van der Waals surface area contributed by atoms with Gasteiger partial charge < -0.3 is 20.3 Å². The van der Waals surface area contributed by atoms with Gasteiger partial charge in [0.05, 0.1) is 22.4 Å². The predicted octanol–water partition coefficient (Wildman–Crippen LogP) is 5.29. The Morgan fingerprint density at radius 2 is 1.94 bits per heavy atom. The highest BCUT2D eigenvalue weighted by Gasteiger charge is 2.37. The van der Waals surface area contributed by atoms with Gasteiger partial charge in [-0.1, -0.05) is 18.2 Å². The molecule has 0 spiro atoms. The third-order valence-electron chi connectivity index (χ3n) is 4.71. The van der Waals surface area contributed by atoms with E-state index in [2.05, 4.69) is 17.2 Å². The van der Waals surface area contributed by atoms with Crippen molar-refractivity contribution in [1.82, 2.24) is 0 Å². The summed E-state index contributed by atoms with van der Waals surface area (Å²) < 4.78 is 45.2. The van der Waals surface area contributed by atoms with Gasteiger partial charge in [-0.2, -0.15) is 13.2 Å². The SMILES string of the molecule is C=CCN1C(=O)C(C)(C)COc2cc(NC(=O)Nc3ccccc3C(F)(F)F)ccc21. The number of halogens is 3. The summed E-state index contributed by atoms with van der Waals surface area (Å²) in [7, 11) is 0. The van der Waals surface area contributed by atoms with Crippen LogP contribution in [0.1, 0.15) is 19.4 Å². The smallest absolute Gasteiger partial charge is 0.418 e. The van der Waals surface area contributed by atoms with E-state index >= 15 is 0 Å². The number of amides is 3. The first-order valence-electron chi connectivity index (χ1n) is 9.47. The second-order valence-corrected chi connectivity index (χ2v) is 7.68. The molecule has 2 N–H and O–H groups in total. The molecule has 164 valence electrons. The largest absolute Gasteiger partial charge is 0.490 e. The molecule has 0 aliphatic carbocycles. The van der Waals surface area contributed by atoms with Crippen molar-refractivity contribution < 1.29 is 27.5 Å². The Morgan fingerprint density at radius 3 is 2.61 bits per heavy atom. The molecule has 0 saturated carbocycles. The fraction of sp³-hybridized carbons (Fsp3) is 0.273. The monoisotopic (exact) mass is 433 g/mol. The topological polar surface area (TPSA) is 70.7 Å². The predicted molar refractivity (Wildman–Crippen MR) is 112 cm³/mol. The van der Waals surface area contributed by atoms with Gasteiger partial charge in [-0.3, -0.25) is 4.79 Å². The van der Waals surface area contributed by atoms with Crippen molar-refractivity contribution in [2.45, 2.75) is 20.0 Å². The number of carbonyl (C=O) groups is 2. The average molecular weight is 433 g/mol. The zero-order chi connectivity index (χ0) is 22.8. The van der Waals surface area contributed by atoms with E-state index in [4.69, 9.17) is 4.74 Å². The minimum Gasteiger partial charge on any atom is -0.490 e. The highest BCUT2D eigenvalue weighted by molar-refractivity contribution is 6.02. The molecular weight excluding hydrogens is 411 g/mol. The van der Waals surface area contributed by atoms with Crippen LogP contribution in [-0.2, 0) is 11.0 Å². The zero-order valence-corrected chi connectivity index (χ0v) is 17.0. The van der Waals surface area contributed by atoms with Gasteiger partial charge in [0, 0.05) is 18.3 Å². The summed E-state index contributed by atoms with van der Waals surface area (Å²) in [6.45, 7) is 7.62. The van der Waals surface area contributed by atoms with Crippen LogP contribution in [0.25, 0.3) is 0 Å². The molecule has 0 fully saturated rings. The summed E-state index contributed by atoms with van der Waals surface area (Å²) in [5.74, 6) is 0.239. The Morgan fingerprint density at radius 1 is 1.23 bits per heavy atom. The van der Waals surface area contributed by atoms with Crippen LogP contribution in [0.2, 0.25) is 0 Å². The number of anilines is 3. The normalized spacial score (nSPS) is 15.4. The van der Waals surface area contributed by atoms with E-state index in [1.54, 1.807) is 37.0 Å². The summed E-state index contributed by atoms with van der Waals surface area (Å²) >= 11 is 0. The van der Waals surface area contributed by atoms with Crippen molar-refractivity contribution >= 4 is 29.0 Å². The second-order valence-electron chi connectivity index (χ2n) is 7.68. The summed E-state index contributed by atoms with van der Waals surface area (Å²) in [6.07, 6.45) is -3.00. The standard InChI is InChI=1S/C22H22F3N3O3/c1-4-11-28-17-10-9-14(12-18(17)31-13-21(2,3)19(28)29)26-20(30)27-16-8-6-5-7-15(16)22(23,24)25/h4-10,12H,1,11,13H2,2-3H3,(H2,26,27,30). The number of para-hydroxylation sites is 1. The number of hydrogen-bond donors (Lipinski definition) is 2. The number of rotatable bonds is 4. The van der Waals surface area contributed by atoms with Crippen molar-refractivity contribution in [1.29, 1.82) is 0 Å². The van der Waals surface area contributed by atoms with Crippen LogP contribution < -0.4 is 20.3 Å². The molecule has 3 rings (SSSR count). The van der Waals surface area contributed by atoms with Gasteiger partial charge in [-0.25, -0.2) is 4.79 Å². The molecule has 1 aliphatic rings. The Kier molecular flexibility index (Phi) is 5.97. The maximum atomic E-state index is 13.1. The van der Waals surface area contributed by atoms with Crippen molar-refractivity contribution in [3.63, 3.8) is 0 Å². The van der Waals surface area contributed by atoms with E-state index in [1.807, 2.05) is 0 Å². The van der Waals surface area contributed by atoms with Crippen LogP contribution in [0, 0.1) is 5.41 Å². The lowest BCUT2D eigenvalue weighted by Crippen LogP contribution is -2.42. The highest BCUT2D eigenvalue weighted by atomic mass is 19.4. The quantitative estimate of drug-likeness (QED) is 0.644. The minimum atomic E-state index is -4.60. The molecule has 1 heterocycles. The van der Waals surface area contributed by atoms with Gasteiger partial charge in [0.2, 0.25) is 5.91 Å². The number of ether oxygens (including phenoxy) is 1. The Hall–Kier alpha value is -3.49. The molecule has 2 aromatic rings. The molecule has 0 atom stereocenters. The number of benzene rings is 2.